The van der Waals surface area contributed by atoms with Gasteiger partial charge < -0.3 is 27.6 Å². The normalized spacial score (nSPS) is 11.3. The van der Waals surface area contributed by atoms with Crippen molar-refractivity contribution in [3.05, 3.63) is 59.4 Å². The van der Waals surface area contributed by atoms with Crippen molar-refractivity contribution in [2.45, 2.75) is 13.0 Å². The molecule has 1 aromatic carbocycles. The average molecular weight is 314 g/mol. The minimum absolute atomic E-state index is 0.309. The van der Waals surface area contributed by atoms with Crippen molar-refractivity contribution >= 4 is 17.3 Å². The fraction of sp³-hybridized carbons (Fsp3) is 0.133. The zero-order valence-corrected chi connectivity index (χ0v) is 12.7. The molecule has 1 heterocycles. The second-order valence-corrected chi connectivity index (χ2v) is 5.15. The number of pyridine rings is 1. The molecule has 8 nitrogen and oxygen atoms in total. The molecule has 8 heteroatoms. The number of benzene rings is 1. The van der Waals surface area contributed by atoms with Crippen LogP contribution in [0.4, 0.5) is 17.3 Å². The second-order valence-electron chi connectivity index (χ2n) is 5.15. The lowest BCUT2D eigenvalue weighted by atomic mass is 10.1. The molecule has 11 N–H and O–H groups in total. The van der Waals surface area contributed by atoms with Crippen LogP contribution in [0.1, 0.15) is 11.1 Å². The maximum Gasteiger partial charge on any atom is 0.165 e. The number of hydrogen-bond acceptors (Lipinski definition) is 8. The largest absolute Gasteiger partial charge is 0.401 e. The van der Waals surface area contributed by atoms with Gasteiger partial charge in [0.05, 0.1) is 12.2 Å². The Morgan fingerprint density at radius 2 is 1.91 bits per heavy atom. The Morgan fingerprint density at radius 1 is 1.22 bits per heavy atom. The number of rotatable bonds is 6. The van der Waals surface area contributed by atoms with Crippen LogP contribution in [-0.4, -0.2) is 9.99 Å². The van der Waals surface area contributed by atoms with E-state index in [0.717, 1.165) is 11.1 Å². The molecule has 0 spiro atoms. The van der Waals surface area contributed by atoms with E-state index in [2.05, 4.69) is 10.4 Å². The molecule has 0 aliphatic heterocycles. The Balaban J connectivity index is 2.09. The highest BCUT2D eigenvalue weighted by molar-refractivity contribution is 5.68. The molecule has 0 fully saturated rings. The number of aromatic nitrogens is 1. The van der Waals surface area contributed by atoms with Crippen molar-refractivity contribution in [1.82, 2.24) is 9.99 Å². The van der Waals surface area contributed by atoms with Crippen molar-refractivity contribution in [2.24, 2.45) is 17.4 Å². The first-order valence-electron chi connectivity index (χ1n) is 7.02. The van der Waals surface area contributed by atoms with Crippen LogP contribution < -0.4 is 34.3 Å². The average Bonchev–Trinajstić information content (AvgIpc) is 2.51. The highest BCUT2D eigenvalue weighted by atomic mass is 15.4. The van der Waals surface area contributed by atoms with Gasteiger partial charge in [0.15, 0.2) is 5.82 Å². The predicted molar refractivity (Wildman–Crippen MR) is 93.0 cm³/mol. The molecule has 1 aromatic heterocycles. The van der Waals surface area contributed by atoms with E-state index in [-0.39, 0.29) is 0 Å². The summed E-state index contributed by atoms with van der Waals surface area (Å²) in [6, 6.07) is 11.5. The Bertz CT molecular complexity index is 683. The van der Waals surface area contributed by atoms with Crippen molar-refractivity contribution in [2.75, 3.05) is 16.9 Å². The molecule has 0 saturated carbocycles. The molecule has 0 radical (unpaired) electrons. The standard InChI is InChI=1S/C15H22N8/c16-12(9-23(20)8-10-4-2-1-3-5-10)6-11-7-13(17)21-15(22-19)14(11)18/h1-5,7,9H,6,8,16,18-20H2,(H3,17,21,22)/b12-9-. The van der Waals surface area contributed by atoms with Crippen LogP contribution in [0.5, 0.6) is 0 Å². The summed E-state index contributed by atoms with van der Waals surface area (Å²) in [5.74, 6) is 12.0. The Kier molecular flexibility index (Phi) is 5.23. The van der Waals surface area contributed by atoms with Crippen LogP contribution in [0.3, 0.4) is 0 Å². The lowest BCUT2D eigenvalue weighted by molar-refractivity contribution is 0.382. The summed E-state index contributed by atoms with van der Waals surface area (Å²) in [7, 11) is 0. The molecule has 0 unspecified atom stereocenters. The highest BCUT2D eigenvalue weighted by Gasteiger charge is 2.09. The summed E-state index contributed by atoms with van der Waals surface area (Å²) < 4.78 is 0. The van der Waals surface area contributed by atoms with E-state index in [1.807, 2.05) is 30.3 Å². The smallest absolute Gasteiger partial charge is 0.165 e. The predicted octanol–water partition coefficient (Wildman–Crippen LogP) is 0.250. The maximum atomic E-state index is 6.04. The van der Waals surface area contributed by atoms with E-state index in [0.29, 0.717) is 36.0 Å². The molecular weight excluding hydrogens is 292 g/mol. The molecule has 0 bridgehead atoms. The minimum atomic E-state index is 0.309. The minimum Gasteiger partial charge on any atom is -0.401 e. The SMILES string of the molecule is NNc1nc(N)cc(C/C(N)=C/N(N)Cc2ccccc2)c1N. The zero-order valence-electron chi connectivity index (χ0n) is 12.7. The molecule has 0 saturated heterocycles. The summed E-state index contributed by atoms with van der Waals surface area (Å²) >= 11 is 0. The molecule has 0 aliphatic rings. The second kappa shape index (κ2) is 7.34. The molecular formula is C15H22N8. The van der Waals surface area contributed by atoms with E-state index >= 15 is 0 Å². The first kappa shape index (κ1) is 16.4. The van der Waals surface area contributed by atoms with Crippen LogP contribution in [0.2, 0.25) is 0 Å². The van der Waals surface area contributed by atoms with Crippen LogP contribution >= 0.6 is 0 Å². The molecule has 2 rings (SSSR count). The Hall–Kier alpha value is -2.97. The summed E-state index contributed by atoms with van der Waals surface area (Å²) in [6.07, 6.45) is 2.05. The van der Waals surface area contributed by atoms with Crippen LogP contribution in [0.15, 0.2) is 48.3 Å². The summed E-state index contributed by atoms with van der Waals surface area (Å²) in [4.78, 5) is 4.00. The van der Waals surface area contributed by atoms with Gasteiger partial charge in [-0.05, 0) is 17.2 Å². The number of hydrazine groups is 2. The van der Waals surface area contributed by atoms with Gasteiger partial charge in [0.2, 0.25) is 0 Å². The van der Waals surface area contributed by atoms with Crippen molar-refractivity contribution in [3.8, 4) is 0 Å². The van der Waals surface area contributed by atoms with Gasteiger partial charge in [-0.2, -0.15) is 0 Å². The molecule has 23 heavy (non-hydrogen) atoms. The van der Waals surface area contributed by atoms with Gasteiger partial charge in [-0.1, -0.05) is 30.3 Å². The number of nitrogens with zero attached hydrogens (tertiary/aromatic N) is 2. The van der Waals surface area contributed by atoms with E-state index in [9.17, 15) is 0 Å². The Morgan fingerprint density at radius 3 is 2.57 bits per heavy atom. The summed E-state index contributed by atoms with van der Waals surface area (Å²) in [6.45, 7) is 0.547. The lowest BCUT2D eigenvalue weighted by Gasteiger charge is -2.16. The van der Waals surface area contributed by atoms with Gasteiger partial charge in [-0.15, -0.1) is 0 Å². The van der Waals surface area contributed by atoms with Gasteiger partial charge in [-0.25, -0.2) is 16.7 Å². The number of hydrogen-bond donors (Lipinski definition) is 6. The van der Waals surface area contributed by atoms with E-state index in [1.165, 1.54) is 5.01 Å². The van der Waals surface area contributed by atoms with Crippen molar-refractivity contribution < 1.29 is 0 Å². The lowest BCUT2D eigenvalue weighted by Crippen LogP contribution is -2.26. The summed E-state index contributed by atoms with van der Waals surface area (Å²) in [5.41, 5.74) is 22.9. The number of nitrogens with two attached hydrogens (primary N) is 5. The highest BCUT2D eigenvalue weighted by Crippen LogP contribution is 2.23. The van der Waals surface area contributed by atoms with E-state index in [4.69, 9.17) is 28.9 Å². The van der Waals surface area contributed by atoms with Crippen LogP contribution in [-0.2, 0) is 13.0 Å². The topological polar surface area (TPSA) is 158 Å². The third kappa shape index (κ3) is 4.50. The molecule has 2 aromatic rings. The first-order valence-corrected chi connectivity index (χ1v) is 7.02. The molecule has 0 aliphatic carbocycles. The van der Waals surface area contributed by atoms with Crippen molar-refractivity contribution in [3.63, 3.8) is 0 Å². The fourth-order valence-electron chi connectivity index (χ4n) is 2.20. The summed E-state index contributed by atoms with van der Waals surface area (Å²) in [5, 5.41) is 1.52. The molecule has 0 amide bonds. The molecule has 122 valence electrons. The van der Waals surface area contributed by atoms with Crippen LogP contribution in [0.25, 0.3) is 0 Å². The first-order chi connectivity index (χ1) is 11.0. The third-order valence-electron chi connectivity index (χ3n) is 3.24. The van der Waals surface area contributed by atoms with Gasteiger partial charge in [-0.3, -0.25) is 0 Å². The number of anilines is 3. The fourth-order valence-corrected chi connectivity index (χ4v) is 2.20. The zero-order chi connectivity index (χ0) is 16.8. The Labute approximate surface area is 134 Å². The van der Waals surface area contributed by atoms with Crippen LogP contribution in [0, 0.1) is 0 Å². The third-order valence-corrected chi connectivity index (χ3v) is 3.24. The van der Waals surface area contributed by atoms with Gasteiger partial charge in [0, 0.05) is 18.3 Å². The van der Waals surface area contributed by atoms with Gasteiger partial charge in [0.25, 0.3) is 0 Å². The maximum absolute atomic E-state index is 6.04. The van der Waals surface area contributed by atoms with E-state index < -0.39 is 0 Å². The molecule has 0 atom stereocenters. The number of allylic oxidation sites excluding steroid dienone is 1. The van der Waals surface area contributed by atoms with Gasteiger partial charge in [0.1, 0.15) is 5.82 Å². The van der Waals surface area contributed by atoms with Gasteiger partial charge >= 0.3 is 0 Å². The quantitative estimate of drug-likeness (QED) is 0.327. The monoisotopic (exact) mass is 314 g/mol. The van der Waals surface area contributed by atoms with E-state index in [1.54, 1.807) is 12.3 Å². The van der Waals surface area contributed by atoms with Crippen molar-refractivity contribution in [1.29, 1.82) is 0 Å². The number of nitrogen functional groups attached to an aromatic ring is 3. The number of nitrogens with one attached hydrogen (secondary N) is 1.